The number of aromatic nitrogens is 1. The standard InChI is InChI=1S/C13H17N5O4/c1-7-4-10(15-12(14)11(7)18(21)22)16-5-8-2-3-9(6-16)17(8)13(19)20/h4,8-9H,2-3,5-6H2,1H3,(H2,14,15)(H,19,20)/t8-,9+. The van der Waals surface area contributed by atoms with Crippen LogP contribution in [0.2, 0.25) is 0 Å². The van der Waals surface area contributed by atoms with Crippen LogP contribution in [0, 0.1) is 17.0 Å². The molecule has 2 fully saturated rings. The Kier molecular flexibility index (Phi) is 3.27. The second-order valence-electron chi connectivity index (χ2n) is 5.77. The maximum absolute atomic E-state index is 11.3. The molecule has 3 heterocycles. The second-order valence-corrected chi connectivity index (χ2v) is 5.77. The summed E-state index contributed by atoms with van der Waals surface area (Å²) in [7, 11) is 0. The van der Waals surface area contributed by atoms with Crippen molar-refractivity contribution in [1.29, 1.82) is 0 Å². The number of pyridine rings is 1. The fourth-order valence-electron chi connectivity index (χ4n) is 3.47. The summed E-state index contributed by atoms with van der Waals surface area (Å²) in [5, 5.41) is 20.2. The van der Waals surface area contributed by atoms with Gasteiger partial charge in [0.1, 0.15) is 5.82 Å². The summed E-state index contributed by atoms with van der Waals surface area (Å²) >= 11 is 0. The van der Waals surface area contributed by atoms with E-state index in [0.717, 1.165) is 12.8 Å². The lowest BCUT2D eigenvalue weighted by molar-refractivity contribution is -0.384. The van der Waals surface area contributed by atoms with E-state index < -0.39 is 11.0 Å². The van der Waals surface area contributed by atoms with E-state index in [1.54, 1.807) is 13.0 Å². The zero-order valence-corrected chi connectivity index (χ0v) is 12.1. The van der Waals surface area contributed by atoms with Crippen molar-refractivity contribution in [3.8, 4) is 0 Å². The second kappa shape index (κ2) is 5.00. The molecule has 22 heavy (non-hydrogen) atoms. The summed E-state index contributed by atoms with van der Waals surface area (Å²) < 4.78 is 0. The van der Waals surface area contributed by atoms with Crippen LogP contribution in [-0.2, 0) is 0 Å². The molecule has 0 unspecified atom stereocenters. The van der Waals surface area contributed by atoms with Crippen molar-refractivity contribution >= 4 is 23.4 Å². The summed E-state index contributed by atoms with van der Waals surface area (Å²) in [5.41, 5.74) is 5.99. The number of aryl methyl sites for hydroxylation is 1. The van der Waals surface area contributed by atoms with Gasteiger partial charge in [0.25, 0.3) is 0 Å². The van der Waals surface area contributed by atoms with E-state index in [4.69, 9.17) is 5.73 Å². The van der Waals surface area contributed by atoms with Crippen LogP contribution in [0.15, 0.2) is 6.07 Å². The Morgan fingerprint density at radius 1 is 1.45 bits per heavy atom. The molecule has 0 saturated carbocycles. The first-order valence-corrected chi connectivity index (χ1v) is 7.06. The smallest absolute Gasteiger partial charge is 0.407 e. The topological polar surface area (TPSA) is 126 Å². The van der Waals surface area contributed by atoms with Gasteiger partial charge in [-0.25, -0.2) is 9.78 Å². The Morgan fingerprint density at radius 3 is 2.50 bits per heavy atom. The number of rotatable bonds is 2. The lowest BCUT2D eigenvalue weighted by Crippen LogP contribution is -2.55. The van der Waals surface area contributed by atoms with Crippen LogP contribution in [0.4, 0.5) is 22.1 Å². The molecule has 0 aromatic carbocycles. The van der Waals surface area contributed by atoms with Crippen molar-refractivity contribution in [3.63, 3.8) is 0 Å². The van der Waals surface area contributed by atoms with Gasteiger partial charge in [-0.2, -0.15) is 0 Å². The number of carbonyl (C=O) groups is 1. The summed E-state index contributed by atoms with van der Waals surface area (Å²) in [6, 6.07) is 1.52. The van der Waals surface area contributed by atoms with Crippen molar-refractivity contribution in [2.75, 3.05) is 23.7 Å². The summed E-state index contributed by atoms with van der Waals surface area (Å²) in [4.78, 5) is 29.3. The van der Waals surface area contributed by atoms with Crippen LogP contribution in [-0.4, -0.2) is 51.2 Å². The number of piperazine rings is 1. The van der Waals surface area contributed by atoms with Gasteiger partial charge >= 0.3 is 11.8 Å². The van der Waals surface area contributed by atoms with E-state index in [1.165, 1.54) is 4.90 Å². The van der Waals surface area contributed by atoms with E-state index in [2.05, 4.69) is 4.98 Å². The Labute approximate surface area is 126 Å². The minimum absolute atomic E-state index is 0.0604. The molecule has 3 N–H and O–H groups in total. The van der Waals surface area contributed by atoms with Crippen molar-refractivity contribution in [2.45, 2.75) is 31.8 Å². The van der Waals surface area contributed by atoms with Gasteiger partial charge in [0, 0.05) is 18.7 Å². The molecule has 1 amide bonds. The average Bonchev–Trinajstić information content (AvgIpc) is 2.68. The van der Waals surface area contributed by atoms with Gasteiger partial charge in [-0.1, -0.05) is 0 Å². The number of anilines is 2. The summed E-state index contributed by atoms with van der Waals surface area (Å²) in [6.07, 6.45) is 0.767. The first kappa shape index (κ1) is 14.4. The molecule has 2 saturated heterocycles. The molecule has 2 aliphatic heterocycles. The monoisotopic (exact) mass is 307 g/mol. The minimum Gasteiger partial charge on any atom is -0.465 e. The Bertz CT molecular complexity index is 612. The van der Waals surface area contributed by atoms with Crippen LogP contribution >= 0.6 is 0 Å². The molecule has 2 bridgehead atoms. The number of nitrogens with zero attached hydrogens (tertiary/aromatic N) is 4. The third kappa shape index (κ3) is 2.18. The molecule has 9 nitrogen and oxygen atoms in total. The minimum atomic E-state index is -0.889. The highest BCUT2D eigenvalue weighted by Crippen LogP contribution is 2.34. The summed E-state index contributed by atoms with van der Waals surface area (Å²) in [5.74, 6) is 0.468. The van der Waals surface area contributed by atoms with E-state index in [9.17, 15) is 20.0 Å². The third-order valence-electron chi connectivity index (χ3n) is 4.41. The zero-order valence-electron chi connectivity index (χ0n) is 12.1. The van der Waals surface area contributed by atoms with Crippen LogP contribution < -0.4 is 10.6 Å². The number of hydrogen-bond acceptors (Lipinski definition) is 6. The lowest BCUT2D eigenvalue weighted by Gasteiger charge is -2.40. The Balaban J connectivity index is 1.88. The molecular weight excluding hydrogens is 290 g/mol. The fourth-order valence-corrected chi connectivity index (χ4v) is 3.47. The number of hydrogen-bond donors (Lipinski definition) is 2. The number of nitrogen functional groups attached to an aromatic ring is 1. The van der Waals surface area contributed by atoms with E-state index in [-0.39, 0.29) is 23.6 Å². The van der Waals surface area contributed by atoms with Gasteiger partial charge in [-0.05, 0) is 25.8 Å². The molecule has 118 valence electrons. The van der Waals surface area contributed by atoms with Crippen LogP contribution in [0.1, 0.15) is 18.4 Å². The molecular formula is C13H17N5O4. The van der Waals surface area contributed by atoms with Gasteiger partial charge in [-0.15, -0.1) is 0 Å². The largest absolute Gasteiger partial charge is 0.465 e. The van der Waals surface area contributed by atoms with Crippen molar-refractivity contribution < 1.29 is 14.8 Å². The molecule has 9 heteroatoms. The highest BCUT2D eigenvalue weighted by atomic mass is 16.6. The van der Waals surface area contributed by atoms with Crippen molar-refractivity contribution in [2.24, 2.45) is 0 Å². The third-order valence-corrected chi connectivity index (χ3v) is 4.41. The van der Waals surface area contributed by atoms with E-state index >= 15 is 0 Å². The van der Waals surface area contributed by atoms with Gasteiger partial charge in [0.15, 0.2) is 0 Å². The Morgan fingerprint density at radius 2 is 2.05 bits per heavy atom. The lowest BCUT2D eigenvalue weighted by atomic mass is 10.1. The zero-order chi connectivity index (χ0) is 16.0. The van der Waals surface area contributed by atoms with E-state index in [1.807, 2.05) is 4.90 Å². The first-order valence-electron chi connectivity index (χ1n) is 7.06. The van der Waals surface area contributed by atoms with Gasteiger partial charge < -0.3 is 15.7 Å². The fraction of sp³-hybridized carbons (Fsp3) is 0.538. The van der Waals surface area contributed by atoms with Crippen molar-refractivity contribution in [3.05, 3.63) is 21.7 Å². The van der Waals surface area contributed by atoms with Gasteiger partial charge in [-0.3, -0.25) is 15.0 Å². The highest BCUT2D eigenvalue weighted by Gasteiger charge is 2.43. The predicted molar refractivity (Wildman–Crippen MR) is 78.9 cm³/mol. The molecule has 1 aromatic rings. The number of nitro groups is 1. The molecule has 0 radical (unpaired) electrons. The first-order chi connectivity index (χ1) is 10.4. The predicted octanol–water partition coefficient (Wildman–Crippen LogP) is 1.21. The molecule has 0 spiro atoms. The van der Waals surface area contributed by atoms with Gasteiger partial charge in [0.2, 0.25) is 5.82 Å². The van der Waals surface area contributed by atoms with Crippen LogP contribution in [0.3, 0.4) is 0 Å². The summed E-state index contributed by atoms with van der Waals surface area (Å²) in [6.45, 7) is 2.70. The van der Waals surface area contributed by atoms with Crippen LogP contribution in [0.25, 0.3) is 0 Å². The molecule has 0 aliphatic carbocycles. The van der Waals surface area contributed by atoms with Crippen molar-refractivity contribution in [1.82, 2.24) is 9.88 Å². The normalized spacial score (nSPS) is 23.7. The van der Waals surface area contributed by atoms with E-state index in [0.29, 0.717) is 24.5 Å². The molecule has 3 rings (SSSR count). The number of fused-ring (bicyclic) bond motifs is 2. The SMILES string of the molecule is Cc1cc(N2C[C@H]3CC[C@@H](C2)N3C(=O)O)nc(N)c1[N+](=O)[O-]. The maximum Gasteiger partial charge on any atom is 0.407 e. The Hall–Kier alpha value is -2.58. The molecule has 2 atom stereocenters. The maximum atomic E-state index is 11.3. The number of nitrogens with two attached hydrogens (primary N) is 1. The van der Waals surface area contributed by atoms with Crippen LogP contribution in [0.5, 0.6) is 0 Å². The quantitative estimate of drug-likeness (QED) is 0.621. The average molecular weight is 307 g/mol. The molecule has 1 aromatic heterocycles. The van der Waals surface area contributed by atoms with Gasteiger partial charge in [0.05, 0.1) is 17.0 Å². The number of carboxylic acid groups (broad SMARTS) is 1. The molecule has 2 aliphatic rings. The number of amides is 1. The highest BCUT2D eigenvalue weighted by molar-refractivity contribution is 5.68.